The Bertz CT molecular complexity index is 510. The number of hydrogen-bond donors (Lipinski definition) is 2. The van der Waals surface area contributed by atoms with Crippen LogP contribution in [0.4, 0.5) is 0 Å². The second-order valence-electron chi connectivity index (χ2n) is 4.76. The maximum atomic E-state index is 12.1. The van der Waals surface area contributed by atoms with Crippen LogP contribution in [0.5, 0.6) is 0 Å². The maximum absolute atomic E-state index is 12.1. The molecule has 0 aromatic heterocycles. The normalized spacial score (nSPS) is 17.5. The SMILES string of the molecule is NCc1ccccc1CNS(=O)(=O)N1CCCCC1. The molecule has 0 amide bonds. The summed E-state index contributed by atoms with van der Waals surface area (Å²) in [6.45, 7) is 1.95. The summed E-state index contributed by atoms with van der Waals surface area (Å²) in [5, 5.41) is 0. The molecule has 0 atom stereocenters. The lowest BCUT2D eigenvalue weighted by Gasteiger charge is -2.26. The smallest absolute Gasteiger partial charge is 0.279 e. The van der Waals surface area contributed by atoms with Gasteiger partial charge in [-0.15, -0.1) is 0 Å². The minimum Gasteiger partial charge on any atom is -0.326 e. The highest BCUT2D eigenvalue weighted by Crippen LogP contribution is 2.13. The van der Waals surface area contributed by atoms with Gasteiger partial charge in [-0.3, -0.25) is 0 Å². The second kappa shape index (κ2) is 6.47. The first-order valence-corrected chi connectivity index (χ1v) is 8.09. The van der Waals surface area contributed by atoms with Crippen molar-refractivity contribution in [1.29, 1.82) is 0 Å². The molecular weight excluding hydrogens is 262 g/mol. The van der Waals surface area contributed by atoms with Gasteiger partial charge in [0.15, 0.2) is 0 Å². The molecular formula is C13H21N3O2S. The monoisotopic (exact) mass is 283 g/mol. The fourth-order valence-electron chi connectivity index (χ4n) is 2.29. The molecule has 1 aliphatic heterocycles. The molecule has 5 nitrogen and oxygen atoms in total. The van der Waals surface area contributed by atoms with Crippen molar-refractivity contribution >= 4 is 10.2 Å². The molecule has 1 aliphatic rings. The first-order valence-electron chi connectivity index (χ1n) is 6.65. The van der Waals surface area contributed by atoms with Gasteiger partial charge in [-0.1, -0.05) is 30.7 Å². The summed E-state index contributed by atoms with van der Waals surface area (Å²) in [5.41, 5.74) is 7.56. The van der Waals surface area contributed by atoms with Crippen LogP contribution in [0.25, 0.3) is 0 Å². The first-order chi connectivity index (χ1) is 9.13. The van der Waals surface area contributed by atoms with Crippen molar-refractivity contribution in [2.24, 2.45) is 5.73 Å². The van der Waals surface area contributed by atoms with Crippen molar-refractivity contribution in [3.8, 4) is 0 Å². The van der Waals surface area contributed by atoms with Crippen LogP contribution in [0, 0.1) is 0 Å². The molecule has 3 N–H and O–H groups in total. The van der Waals surface area contributed by atoms with Gasteiger partial charge in [-0.2, -0.15) is 17.4 Å². The van der Waals surface area contributed by atoms with E-state index in [-0.39, 0.29) is 0 Å². The standard InChI is InChI=1S/C13H21N3O2S/c14-10-12-6-2-3-7-13(12)11-15-19(17,18)16-8-4-1-5-9-16/h2-3,6-7,15H,1,4-5,8-11,14H2. The van der Waals surface area contributed by atoms with E-state index in [4.69, 9.17) is 5.73 Å². The van der Waals surface area contributed by atoms with Crippen LogP contribution in [0.15, 0.2) is 24.3 Å². The summed E-state index contributed by atoms with van der Waals surface area (Å²) in [7, 11) is -3.36. The minimum atomic E-state index is -3.36. The predicted molar refractivity (Wildman–Crippen MR) is 75.5 cm³/mol. The molecule has 2 rings (SSSR count). The van der Waals surface area contributed by atoms with Crippen molar-refractivity contribution < 1.29 is 8.42 Å². The van der Waals surface area contributed by atoms with E-state index in [0.717, 1.165) is 30.4 Å². The van der Waals surface area contributed by atoms with Crippen LogP contribution in [-0.2, 0) is 23.3 Å². The molecule has 1 heterocycles. The molecule has 106 valence electrons. The number of piperidine rings is 1. The van der Waals surface area contributed by atoms with E-state index in [9.17, 15) is 8.42 Å². The molecule has 1 saturated heterocycles. The van der Waals surface area contributed by atoms with E-state index in [1.165, 1.54) is 4.31 Å². The average Bonchev–Trinajstić information content (AvgIpc) is 2.46. The van der Waals surface area contributed by atoms with Gasteiger partial charge in [0.05, 0.1) is 0 Å². The Morgan fingerprint density at radius 2 is 1.74 bits per heavy atom. The van der Waals surface area contributed by atoms with Crippen LogP contribution in [-0.4, -0.2) is 25.8 Å². The number of rotatable bonds is 5. The Morgan fingerprint density at radius 3 is 2.37 bits per heavy atom. The van der Waals surface area contributed by atoms with Crippen molar-refractivity contribution in [3.63, 3.8) is 0 Å². The molecule has 6 heteroatoms. The zero-order valence-corrected chi connectivity index (χ0v) is 11.8. The largest absolute Gasteiger partial charge is 0.326 e. The zero-order chi connectivity index (χ0) is 13.7. The molecule has 0 saturated carbocycles. The topological polar surface area (TPSA) is 75.4 Å². The van der Waals surface area contributed by atoms with E-state index in [2.05, 4.69) is 4.72 Å². The molecule has 1 aromatic carbocycles. The highest BCUT2D eigenvalue weighted by molar-refractivity contribution is 7.87. The fraction of sp³-hybridized carbons (Fsp3) is 0.538. The Labute approximate surface area is 115 Å². The van der Waals surface area contributed by atoms with Gasteiger partial charge in [0.2, 0.25) is 0 Å². The van der Waals surface area contributed by atoms with Gasteiger partial charge in [0.25, 0.3) is 10.2 Å². The van der Waals surface area contributed by atoms with Gasteiger partial charge in [-0.25, -0.2) is 0 Å². The van der Waals surface area contributed by atoms with Gasteiger partial charge < -0.3 is 5.73 Å². The van der Waals surface area contributed by atoms with E-state index in [0.29, 0.717) is 26.2 Å². The Morgan fingerprint density at radius 1 is 1.11 bits per heavy atom. The van der Waals surface area contributed by atoms with Crippen molar-refractivity contribution in [1.82, 2.24) is 9.03 Å². The third-order valence-electron chi connectivity index (χ3n) is 3.44. The Balaban J connectivity index is 2.00. The van der Waals surface area contributed by atoms with E-state index < -0.39 is 10.2 Å². The molecule has 0 aliphatic carbocycles. The van der Waals surface area contributed by atoms with E-state index in [1.54, 1.807) is 0 Å². The molecule has 0 radical (unpaired) electrons. The first kappa shape index (κ1) is 14.5. The van der Waals surface area contributed by atoms with Crippen LogP contribution in [0.1, 0.15) is 30.4 Å². The number of hydrogen-bond acceptors (Lipinski definition) is 3. The average molecular weight is 283 g/mol. The van der Waals surface area contributed by atoms with Crippen LogP contribution in [0.2, 0.25) is 0 Å². The second-order valence-corrected chi connectivity index (χ2v) is 6.51. The van der Waals surface area contributed by atoms with Crippen molar-refractivity contribution in [2.45, 2.75) is 32.4 Å². The van der Waals surface area contributed by atoms with E-state index >= 15 is 0 Å². The van der Waals surface area contributed by atoms with Crippen molar-refractivity contribution in [3.05, 3.63) is 35.4 Å². The third-order valence-corrected chi connectivity index (χ3v) is 4.99. The zero-order valence-electron chi connectivity index (χ0n) is 11.0. The molecule has 1 fully saturated rings. The molecule has 1 aromatic rings. The summed E-state index contributed by atoms with van der Waals surface area (Å²) in [5.74, 6) is 0. The van der Waals surface area contributed by atoms with Gasteiger partial charge in [0, 0.05) is 26.2 Å². The van der Waals surface area contributed by atoms with Crippen LogP contribution in [0.3, 0.4) is 0 Å². The summed E-state index contributed by atoms with van der Waals surface area (Å²) >= 11 is 0. The van der Waals surface area contributed by atoms with Gasteiger partial charge in [-0.05, 0) is 24.0 Å². The Kier molecular flexibility index (Phi) is 4.93. The number of nitrogens with one attached hydrogen (secondary N) is 1. The van der Waals surface area contributed by atoms with Crippen LogP contribution < -0.4 is 10.5 Å². The molecule has 0 spiro atoms. The molecule has 0 unspecified atom stereocenters. The quantitative estimate of drug-likeness (QED) is 0.845. The third kappa shape index (κ3) is 3.76. The summed E-state index contributed by atoms with van der Waals surface area (Å²) < 4.78 is 28.5. The van der Waals surface area contributed by atoms with Crippen LogP contribution >= 0.6 is 0 Å². The predicted octanol–water partition coefficient (Wildman–Crippen LogP) is 0.966. The lowest BCUT2D eigenvalue weighted by Crippen LogP contribution is -2.43. The summed E-state index contributed by atoms with van der Waals surface area (Å²) in [6, 6.07) is 7.62. The molecule has 0 bridgehead atoms. The molecule has 19 heavy (non-hydrogen) atoms. The highest BCUT2D eigenvalue weighted by atomic mass is 32.2. The highest BCUT2D eigenvalue weighted by Gasteiger charge is 2.23. The number of benzene rings is 1. The summed E-state index contributed by atoms with van der Waals surface area (Å²) in [6.07, 6.45) is 3.00. The lowest BCUT2D eigenvalue weighted by atomic mass is 10.1. The van der Waals surface area contributed by atoms with Gasteiger partial charge in [0.1, 0.15) is 0 Å². The maximum Gasteiger partial charge on any atom is 0.279 e. The lowest BCUT2D eigenvalue weighted by molar-refractivity contribution is 0.341. The summed E-state index contributed by atoms with van der Waals surface area (Å²) in [4.78, 5) is 0. The fourth-order valence-corrected chi connectivity index (χ4v) is 3.55. The number of nitrogens with zero attached hydrogens (tertiary/aromatic N) is 1. The number of nitrogens with two attached hydrogens (primary N) is 1. The van der Waals surface area contributed by atoms with E-state index in [1.807, 2.05) is 24.3 Å². The van der Waals surface area contributed by atoms with Gasteiger partial charge >= 0.3 is 0 Å². The Hall–Kier alpha value is -0.950. The van der Waals surface area contributed by atoms with Crippen molar-refractivity contribution in [2.75, 3.05) is 13.1 Å². The minimum absolute atomic E-state index is 0.298.